The quantitative estimate of drug-likeness (QED) is 0.747. The van der Waals surface area contributed by atoms with Crippen LogP contribution in [-0.4, -0.2) is 28.4 Å². The molecule has 22 heavy (non-hydrogen) atoms. The average molecular weight is 335 g/mol. The topological polar surface area (TPSA) is 72.7 Å². The van der Waals surface area contributed by atoms with E-state index in [1.54, 1.807) is 12.3 Å². The Labute approximate surface area is 134 Å². The van der Waals surface area contributed by atoms with Crippen molar-refractivity contribution < 1.29 is 14.3 Å². The van der Waals surface area contributed by atoms with E-state index in [1.807, 2.05) is 23.6 Å². The lowest BCUT2D eigenvalue weighted by atomic mass is 10.3. The van der Waals surface area contributed by atoms with E-state index in [-0.39, 0.29) is 5.91 Å². The van der Waals surface area contributed by atoms with Gasteiger partial charge in [0.1, 0.15) is 10.7 Å². The number of thiophene rings is 1. The first-order chi connectivity index (χ1) is 10.5. The van der Waals surface area contributed by atoms with Crippen molar-refractivity contribution in [3.8, 4) is 0 Å². The number of carbonyl (C=O) groups is 2. The van der Waals surface area contributed by atoms with Gasteiger partial charge in [0.15, 0.2) is 4.96 Å². The van der Waals surface area contributed by atoms with E-state index in [0.717, 1.165) is 15.5 Å². The van der Waals surface area contributed by atoms with Gasteiger partial charge in [-0.25, -0.2) is 9.78 Å². The number of nitrogens with zero attached hydrogens (tertiary/aromatic N) is 2. The third-order valence-electron chi connectivity index (χ3n) is 3.11. The number of carbonyl (C=O) groups excluding carboxylic acids is 2. The molecule has 114 valence electrons. The molecule has 0 unspecified atom stereocenters. The molecule has 0 bridgehead atoms. The van der Waals surface area contributed by atoms with E-state index in [2.05, 4.69) is 10.3 Å². The zero-order chi connectivity index (χ0) is 15.9. The Morgan fingerprint density at radius 1 is 1.36 bits per heavy atom. The Hall–Kier alpha value is -2.19. The number of imidazole rings is 1. The molecule has 0 fully saturated rings. The maximum absolute atomic E-state index is 12.3. The second-order valence-electron chi connectivity index (χ2n) is 4.70. The SMILES string of the molecule is COC(=O)c1cc(C)sc1NC(=O)c1cn2c(C)csc2n1. The molecule has 0 radical (unpaired) electrons. The Morgan fingerprint density at radius 2 is 2.14 bits per heavy atom. The van der Waals surface area contributed by atoms with Gasteiger partial charge in [0.2, 0.25) is 0 Å². The molecule has 3 aromatic rings. The van der Waals surface area contributed by atoms with E-state index in [1.165, 1.54) is 29.8 Å². The Morgan fingerprint density at radius 3 is 2.82 bits per heavy atom. The first kappa shape index (κ1) is 14.7. The summed E-state index contributed by atoms with van der Waals surface area (Å²) < 4.78 is 6.59. The number of rotatable bonds is 3. The second-order valence-corrected chi connectivity index (χ2v) is 6.79. The summed E-state index contributed by atoms with van der Waals surface area (Å²) in [5.74, 6) is -0.816. The van der Waals surface area contributed by atoms with Gasteiger partial charge in [0.25, 0.3) is 5.91 Å². The minimum Gasteiger partial charge on any atom is -0.465 e. The highest BCUT2D eigenvalue weighted by molar-refractivity contribution is 7.16. The molecule has 0 aliphatic rings. The number of anilines is 1. The van der Waals surface area contributed by atoms with Gasteiger partial charge in [-0.3, -0.25) is 9.20 Å². The average Bonchev–Trinajstić information content (AvgIpc) is 3.15. The van der Waals surface area contributed by atoms with Crippen LogP contribution >= 0.6 is 22.7 Å². The van der Waals surface area contributed by atoms with Crippen LogP contribution in [0.3, 0.4) is 0 Å². The Bertz CT molecular complexity index is 875. The summed E-state index contributed by atoms with van der Waals surface area (Å²) in [5.41, 5.74) is 1.70. The van der Waals surface area contributed by atoms with Crippen molar-refractivity contribution in [3.05, 3.63) is 39.5 Å². The molecule has 0 spiro atoms. The highest BCUT2D eigenvalue weighted by atomic mass is 32.1. The smallest absolute Gasteiger partial charge is 0.340 e. The molecule has 3 aromatic heterocycles. The first-order valence-corrected chi connectivity index (χ1v) is 8.12. The van der Waals surface area contributed by atoms with Crippen LogP contribution in [0.15, 0.2) is 17.6 Å². The number of amides is 1. The van der Waals surface area contributed by atoms with Gasteiger partial charge in [-0.05, 0) is 19.9 Å². The minimum absolute atomic E-state index is 0.316. The van der Waals surface area contributed by atoms with Crippen LogP contribution in [0.5, 0.6) is 0 Å². The third kappa shape index (κ3) is 2.51. The molecule has 0 atom stereocenters. The molecule has 1 N–H and O–H groups in total. The lowest BCUT2D eigenvalue weighted by Gasteiger charge is -2.03. The molecule has 3 rings (SSSR count). The molecule has 1 amide bonds. The number of ether oxygens (including phenoxy) is 1. The molecule has 3 heterocycles. The van der Waals surface area contributed by atoms with Gasteiger partial charge < -0.3 is 10.1 Å². The fourth-order valence-electron chi connectivity index (χ4n) is 2.04. The summed E-state index contributed by atoms with van der Waals surface area (Å²) in [6, 6.07) is 1.70. The van der Waals surface area contributed by atoms with Crippen molar-refractivity contribution in [1.82, 2.24) is 9.38 Å². The van der Waals surface area contributed by atoms with Crippen LogP contribution in [-0.2, 0) is 4.74 Å². The van der Waals surface area contributed by atoms with Crippen molar-refractivity contribution in [2.24, 2.45) is 0 Å². The van der Waals surface area contributed by atoms with Crippen LogP contribution < -0.4 is 5.32 Å². The maximum Gasteiger partial charge on any atom is 0.340 e. The van der Waals surface area contributed by atoms with Gasteiger partial charge in [-0.2, -0.15) is 0 Å². The van der Waals surface area contributed by atoms with Gasteiger partial charge in [-0.15, -0.1) is 22.7 Å². The van der Waals surface area contributed by atoms with Gasteiger partial charge in [0, 0.05) is 22.1 Å². The number of thiazole rings is 1. The van der Waals surface area contributed by atoms with Crippen LogP contribution in [0.2, 0.25) is 0 Å². The number of aryl methyl sites for hydroxylation is 2. The second kappa shape index (κ2) is 5.54. The van der Waals surface area contributed by atoms with E-state index >= 15 is 0 Å². The highest BCUT2D eigenvalue weighted by Crippen LogP contribution is 2.28. The van der Waals surface area contributed by atoms with Crippen LogP contribution in [0.1, 0.15) is 31.4 Å². The molecular formula is C14H13N3O3S2. The number of hydrogen-bond acceptors (Lipinski definition) is 6. The van der Waals surface area contributed by atoms with E-state index in [0.29, 0.717) is 16.3 Å². The summed E-state index contributed by atoms with van der Waals surface area (Å²) in [6.45, 7) is 3.81. The predicted octanol–water partition coefficient (Wildman–Crippen LogP) is 3.11. The summed E-state index contributed by atoms with van der Waals surface area (Å²) in [6.07, 6.45) is 1.69. The fraction of sp³-hybridized carbons (Fsp3) is 0.214. The monoisotopic (exact) mass is 335 g/mol. The number of esters is 1. The lowest BCUT2D eigenvalue weighted by Crippen LogP contribution is -2.14. The van der Waals surface area contributed by atoms with Gasteiger partial charge in [-0.1, -0.05) is 0 Å². The van der Waals surface area contributed by atoms with Crippen LogP contribution in [0.25, 0.3) is 4.96 Å². The van der Waals surface area contributed by atoms with Crippen molar-refractivity contribution in [2.75, 3.05) is 12.4 Å². The zero-order valence-electron chi connectivity index (χ0n) is 12.2. The summed E-state index contributed by atoms with van der Waals surface area (Å²) in [7, 11) is 1.31. The van der Waals surface area contributed by atoms with E-state index in [9.17, 15) is 9.59 Å². The van der Waals surface area contributed by atoms with Gasteiger partial charge in [0.05, 0.1) is 12.7 Å². The van der Waals surface area contributed by atoms with Crippen LogP contribution in [0.4, 0.5) is 5.00 Å². The largest absolute Gasteiger partial charge is 0.465 e. The summed E-state index contributed by atoms with van der Waals surface area (Å²) >= 11 is 2.80. The number of fused-ring (bicyclic) bond motifs is 1. The Kier molecular flexibility index (Phi) is 3.71. The predicted molar refractivity (Wildman–Crippen MR) is 86.2 cm³/mol. The third-order valence-corrected chi connectivity index (χ3v) is 5.03. The summed E-state index contributed by atoms with van der Waals surface area (Å²) in [4.78, 5) is 30.0. The lowest BCUT2D eigenvalue weighted by molar-refractivity contribution is 0.0602. The van der Waals surface area contributed by atoms with Crippen molar-refractivity contribution in [1.29, 1.82) is 0 Å². The molecule has 0 aliphatic carbocycles. The molecular weight excluding hydrogens is 322 g/mol. The van der Waals surface area contributed by atoms with Crippen LogP contribution in [0, 0.1) is 13.8 Å². The fourth-order valence-corrected chi connectivity index (χ4v) is 3.78. The van der Waals surface area contributed by atoms with Crippen molar-refractivity contribution in [3.63, 3.8) is 0 Å². The van der Waals surface area contributed by atoms with E-state index in [4.69, 9.17) is 4.74 Å². The molecule has 0 saturated carbocycles. The minimum atomic E-state index is -0.471. The molecule has 6 nitrogen and oxygen atoms in total. The van der Waals surface area contributed by atoms with Gasteiger partial charge >= 0.3 is 5.97 Å². The first-order valence-electron chi connectivity index (χ1n) is 6.43. The number of nitrogens with one attached hydrogen (secondary N) is 1. The molecule has 0 aliphatic heterocycles. The van der Waals surface area contributed by atoms with Crippen molar-refractivity contribution >= 4 is 44.5 Å². The number of aromatic nitrogens is 2. The molecule has 0 saturated heterocycles. The van der Waals surface area contributed by atoms with Crippen molar-refractivity contribution in [2.45, 2.75) is 13.8 Å². The Balaban J connectivity index is 1.89. The standard InChI is InChI=1S/C14H13N3O3S2/c1-7-6-21-14-15-10(5-17(7)14)11(18)16-12-9(13(19)20-3)4-8(2)22-12/h4-6H,1-3H3,(H,16,18). The zero-order valence-corrected chi connectivity index (χ0v) is 13.8. The highest BCUT2D eigenvalue weighted by Gasteiger charge is 2.19. The number of hydrogen-bond donors (Lipinski definition) is 1. The maximum atomic E-state index is 12.3. The molecule has 0 aromatic carbocycles. The number of methoxy groups -OCH3 is 1. The normalized spacial score (nSPS) is 10.9. The molecule has 8 heteroatoms. The van der Waals surface area contributed by atoms with E-state index < -0.39 is 5.97 Å². The summed E-state index contributed by atoms with van der Waals surface area (Å²) in [5, 5.41) is 5.19.